The van der Waals surface area contributed by atoms with Gasteiger partial charge in [-0.2, -0.15) is 0 Å². The van der Waals surface area contributed by atoms with Gasteiger partial charge in [-0.25, -0.2) is 0 Å². The van der Waals surface area contributed by atoms with Crippen molar-refractivity contribution in [3.63, 3.8) is 0 Å². The van der Waals surface area contributed by atoms with Gasteiger partial charge in [-0.15, -0.1) is 12.4 Å². The molecule has 9 heavy (non-hydrogen) atoms. The zero-order chi connectivity index (χ0) is 5.98. The van der Waals surface area contributed by atoms with Crippen LogP contribution < -0.4 is 10.6 Å². The lowest BCUT2D eigenvalue weighted by molar-refractivity contribution is 0.416. The Balaban J connectivity index is 0.000000640. The van der Waals surface area contributed by atoms with Crippen LogP contribution in [0.2, 0.25) is 0 Å². The number of halogens is 1. The number of rotatable bonds is 1. The van der Waals surface area contributed by atoms with Gasteiger partial charge in [0.1, 0.15) is 0 Å². The maximum Gasteiger partial charge on any atom is 0.0596 e. The third-order valence-electron chi connectivity index (χ3n) is 1.52. The van der Waals surface area contributed by atoms with Crippen molar-refractivity contribution in [3.05, 3.63) is 0 Å². The third kappa shape index (κ3) is 2.52. The smallest absolute Gasteiger partial charge is 0.0596 e. The van der Waals surface area contributed by atoms with Crippen LogP contribution in [0, 0.1) is 5.92 Å². The monoisotopic (exact) mass is 150 g/mol. The minimum Gasteiger partial charge on any atom is -0.300 e. The predicted molar refractivity (Wildman–Crippen MR) is 41.9 cm³/mol. The Morgan fingerprint density at radius 2 is 1.67 bits per heavy atom. The first kappa shape index (κ1) is 9.21. The second-order valence-electron chi connectivity index (χ2n) is 2.63. The lowest BCUT2D eigenvalue weighted by Gasteiger charge is -2.13. The topological polar surface area (TPSA) is 24.1 Å². The molecule has 1 fully saturated rings. The minimum atomic E-state index is 0. The van der Waals surface area contributed by atoms with Gasteiger partial charge in [-0.1, -0.05) is 13.8 Å². The van der Waals surface area contributed by atoms with Crippen molar-refractivity contribution in [3.8, 4) is 0 Å². The van der Waals surface area contributed by atoms with E-state index in [1.165, 1.54) is 0 Å². The molecule has 56 valence electrons. The van der Waals surface area contributed by atoms with Gasteiger partial charge in [0.2, 0.25) is 0 Å². The standard InChI is InChI=1S/C6H14N2.ClH/c1-5(2)6-7-3-4-8-6;/h5-8H,3-4H2,1-2H3;1H. The fourth-order valence-corrected chi connectivity index (χ4v) is 0.999. The first-order chi connectivity index (χ1) is 3.80. The van der Waals surface area contributed by atoms with E-state index in [1.54, 1.807) is 0 Å². The molecule has 2 nitrogen and oxygen atoms in total. The molecular weight excluding hydrogens is 136 g/mol. The van der Waals surface area contributed by atoms with Crippen LogP contribution >= 0.6 is 12.4 Å². The summed E-state index contributed by atoms with van der Waals surface area (Å²) in [5.74, 6) is 0.720. The zero-order valence-corrected chi connectivity index (χ0v) is 6.79. The fraction of sp³-hybridized carbons (Fsp3) is 1.00. The molecule has 0 unspecified atom stereocenters. The molecule has 0 atom stereocenters. The molecular formula is C6H15ClN2. The van der Waals surface area contributed by atoms with Crippen LogP contribution in [0.5, 0.6) is 0 Å². The highest BCUT2D eigenvalue weighted by molar-refractivity contribution is 5.85. The summed E-state index contributed by atoms with van der Waals surface area (Å²) in [7, 11) is 0. The summed E-state index contributed by atoms with van der Waals surface area (Å²) in [5.41, 5.74) is 0. The molecule has 0 bridgehead atoms. The summed E-state index contributed by atoms with van der Waals surface area (Å²) in [6.45, 7) is 6.69. The van der Waals surface area contributed by atoms with Crippen molar-refractivity contribution in [2.24, 2.45) is 5.92 Å². The van der Waals surface area contributed by atoms with Crippen LogP contribution in [-0.4, -0.2) is 19.3 Å². The molecule has 0 aromatic heterocycles. The van der Waals surface area contributed by atoms with Crippen LogP contribution in [0.25, 0.3) is 0 Å². The third-order valence-corrected chi connectivity index (χ3v) is 1.52. The predicted octanol–water partition coefficient (Wildman–Crippen LogP) is 0.583. The SMILES string of the molecule is CC(C)C1NCCN1.Cl. The average Bonchev–Trinajstić information content (AvgIpc) is 2.12. The number of hydrogen-bond acceptors (Lipinski definition) is 2. The van der Waals surface area contributed by atoms with Crippen molar-refractivity contribution < 1.29 is 0 Å². The Kier molecular flexibility index (Phi) is 4.19. The van der Waals surface area contributed by atoms with Gasteiger partial charge < -0.3 is 10.6 Å². The van der Waals surface area contributed by atoms with Gasteiger partial charge >= 0.3 is 0 Å². The van der Waals surface area contributed by atoms with Gasteiger partial charge in [0.15, 0.2) is 0 Å². The Hall–Kier alpha value is 0.210. The quantitative estimate of drug-likeness (QED) is 0.572. The first-order valence-electron chi connectivity index (χ1n) is 3.27. The Labute approximate surface area is 62.8 Å². The van der Waals surface area contributed by atoms with Gasteiger partial charge in [0.05, 0.1) is 6.17 Å². The molecule has 0 radical (unpaired) electrons. The summed E-state index contributed by atoms with van der Waals surface area (Å²) in [4.78, 5) is 0. The average molecular weight is 151 g/mol. The first-order valence-corrected chi connectivity index (χ1v) is 3.27. The highest BCUT2D eigenvalue weighted by Crippen LogP contribution is 1.99. The van der Waals surface area contributed by atoms with Gasteiger partial charge in [0.25, 0.3) is 0 Å². The molecule has 1 saturated heterocycles. The normalized spacial score (nSPS) is 20.3. The van der Waals surface area contributed by atoms with E-state index in [0.29, 0.717) is 6.17 Å². The van der Waals surface area contributed by atoms with Crippen LogP contribution in [0.3, 0.4) is 0 Å². The highest BCUT2D eigenvalue weighted by atomic mass is 35.5. The molecule has 0 aromatic carbocycles. The molecule has 1 aliphatic rings. The number of nitrogens with one attached hydrogen (secondary N) is 2. The van der Waals surface area contributed by atoms with Crippen LogP contribution in [0.1, 0.15) is 13.8 Å². The van der Waals surface area contributed by atoms with Gasteiger partial charge in [0, 0.05) is 13.1 Å². The molecule has 0 amide bonds. The van der Waals surface area contributed by atoms with Crippen molar-refractivity contribution in [1.82, 2.24) is 10.6 Å². The van der Waals surface area contributed by atoms with E-state index in [4.69, 9.17) is 0 Å². The second kappa shape index (κ2) is 4.09. The van der Waals surface area contributed by atoms with E-state index in [1.807, 2.05) is 0 Å². The fourth-order valence-electron chi connectivity index (χ4n) is 0.999. The van der Waals surface area contributed by atoms with E-state index >= 15 is 0 Å². The van der Waals surface area contributed by atoms with E-state index in [-0.39, 0.29) is 12.4 Å². The largest absolute Gasteiger partial charge is 0.300 e. The molecule has 0 saturated carbocycles. The lowest BCUT2D eigenvalue weighted by atomic mass is 10.2. The molecule has 0 aliphatic carbocycles. The summed E-state index contributed by atoms with van der Waals surface area (Å²) in [6.07, 6.45) is 0.565. The van der Waals surface area contributed by atoms with Crippen molar-refractivity contribution in [1.29, 1.82) is 0 Å². The van der Waals surface area contributed by atoms with E-state index in [9.17, 15) is 0 Å². The number of hydrogen-bond donors (Lipinski definition) is 2. The van der Waals surface area contributed by atoms with Crippen molar-refractivity contribution in [2.45, 2.75) is 20.0 Å². The maximum absolute atomic E-state index is 3.34. The summed E-state index contributed by atoms with van der Waals surface area (Å²) in [5, 5.41) is 6.69. The van der Waals surface area contributed by atoms with Crippen molar-refractivity contribution >= 4 is 12.4 Å². The molecule has 0 aromatic rings. The molecule has 0 spiro atoms. The van der Waals surface area contributed by atoms with Gasteiger partial charge in [-0.3, -0.25) is 0 Å². The van der Waals surface area contributed by atoms with E-state index in [2.05, 4.69) is 24.5 Å². The Morgan fingerprint density at radius 1 is 1.22 bits per heavy atom. The summed E-state index contributed by atoms with van der Waals surface area (Å²) in [6, 6.07) is 0. The molecule has 1 aliphatic heterocycles. The van der Waals surface area contributed by atoms with Gasteiger partial charge in [-0.05, 0) is 5.92 Å². The molecule has 2 N–H and O–H groups in total. The Bertz CT molecular complexity index is 69.5. The molecule has 1 heterocycles. The van der Waals surface area contributed by atoms with Crippen LogP contribution in [0.4, 0.5) is 0 Å². The van der Waals surface area contributed by atoms with Crippen LogP contribution in [0.15, 0.2) is 0 Å². The zero-order valence-electron chi connectivity index (χ0n) is 5.98. The molecule has 1 rings (SSSR count). The maximum atomic E-state index is 3.34. The lowest BCUT2D eigenvalue weighted by Crippen LogP contribution is -2.35. The highest BCUT2D eigenvalue weighted by Gasteiger charge is 2.15. The van der Waals surface area contributed by atoms with Crippen LogP contribution in [-0.2, 0) is 0 Å². The summed E-state index contributed by atoms with van der Waals surface area (Å²) < 4.78 is 0. The minimum absolute atomic E-state index is 0. The van der Waals surface area contributed by atoms with E-state index < -0.39 is 0 Å². The second-order valence-corrected chi connectivity index (χ2v) is 2.63. The summed E-state index contributed by atoms with van der Waals surface area (Å²) >= 11 is 0. The Morgan fingerprint density at radius 3 is 1.89 bits per heavy atom. The van der Waals surface area contributed by atoms with E-state index in [0.717, 1.165) is 19.0 Å². The van der Waals surface area contributed by atoms with Crippen molar-refractivity contribution in [2.75, 3.05) is 13.1 Å². The molecule has 3 heteroatoms.